The molecule has 4 heteroatoms. The van der Waals surface area contributed by atoms with Crippen molar-refractivity contribution in [1.29, 1.82) is 0 Å². The number of carbonyl (C=O) groups excluding carboxylic acids is 1. The van der Waals surface area contributed by atoms with Gasteiger partial charge in [0, 0.05) is 5.54 Å². The highest BCUT2D eigenvalue weighted by atomic mass is 16.5. The van der Waals surface area contributed by atoms with Gasteiger partial charge in [-0.15, -0.1) is 0 Å². The van der Waals surface area contributed by atoms with Gasteiger partial charge in [0.05, 0.1) is 12.1 Å². The second-order valence-electron chi connectivity index (χ2n) is 7.99. The number of hydrogen-bond acceptors (Lipinski definition) is 3. The zero-order valence-corrected chi connectivity index (χ0v) is 15.6. The Morgan fingerprint density at radius 2 is 1.65 bits per heavy atom. The predicted octanol–water partition coefficient (Wildman–Crippen LogP) is 3.28. The first kappa shape index (κ1) is 19.5. The molecule has 0 radical (unpaired) electrons. The number of carbonyl (C=O) groups is 1. The Kier molecular flexibility index (Phi) is 6.23. The van der Waals surface area contributed by atoms with Crippen LogP contribution in [0.15, 0.2) is 24.3 Å². The lowest BCUT2D eigenvalue weighted by molar-refractivity contribution is -0.125. The third-order valence-electron chi connectivity index (χ3n) is 4.40. The van der Waals surface area contributed by atoms with E-state index in [2.05, 4.69) is 26.1 Å². The Balaban J connectivity index is 2.65. The van der Waals surface area contributed by atoms with Crippen LogP contribution in [-0.4, -0.2) is 23.6 Å². The number of ether oxygens (including phenoxy) is 1. The van der Waals surface area contributed by atoms with Gasteiger partial charge in [-0.25, -0.2) is 0 Å². The van der Waals surface area contributed by atoms with Crippen molar-refractivity contribution in [3.8, 4) is 5.75 Å². The summed E-state index contributed by atoms with van der Waals surface area (Å²) in [6.07, 6.45) is 0.655. The summed E-state index contributed by atoms with van der Waals surface area (Å²) >= 11 is 0. The average Bonchev–Trinajstić information content (AvgIpc) is 2.38. The Morgan fingerprint density at radius 3 is 2.09 bits per heavy atom. The number of nitrogens with two attached hydrogens (primary N) is 1. The minimum absolute atomic E-state index is 0.0434. The van der Waals surface area contributed by atoms with Crippen LogP contribution in [0.25, 0.3) is 0 Å². The molecule has 0 aromatic heterocycles. The molecule has 23 heavy (non-hydrogen) atoms. The molecule has 0 aliphatic rings. The smallest absolute Gasteiger partial charge is 0.237 e. The van der Waals surface area contributed by atoms with Gasteiger partial charge in [-0.1, -0.05) is 32.9 Å². The van der Waals surface area contributed by atoms with Gasteiger partial charge in [0.25, 0.3) is 0 Å². The summed E-state index contributed by atoms with van der Waals surface area (Å²) in [5.41, 5.74) is 6.73. The lowest BCUT2D eigenvalue weighted by Gasteiger charge is -2.40. The fourth-order valence-electron chi connectivity index (χ4n) is 1.91. The lowest BCUT2D eigenvalue weighted by Crippen LogP contribution is -2.56. The monoisotopic (exact) mass is 320 g/mol. The first-order valence-corrected chi connectivity index (χ1v) is 8.25. The second-order valence-corrected chi connectivity index (χ2v) is 7.99. The van der Waals surface area contributed by atoms with Crippen molar-refractivity contribution in [3.63, 3.8) is 0 Å². The molecule has 0 saturated heterocycles. The SMILES string of the molecule is CC(C)Oc1ccc(CC(N)C(=O)NC(C)(C)C(C)(C)C)cc1. The van der Waals surface area contributed by atoms with Crippen LogP contribution in [-0.2, 0) is 11.2 Å². The highest BCUT2D eigenvalue weighted by Crippen LogP contribution is 2.29. The van der Waals surface area contributed by atoms with Crippen LogP contribution in [0.2, 0.25) is 0 Å². The Labute approximate surface area is 140 Å². The van der Waals surface area contributed by atoms with Gasteiger partial charge in [0.15, 0.2) is 0 Å². The minimum Gasteiger partial charge on any atom is -0.491 e. The van der Waals surface area contributed by atoms with Crippen molar-refractivity contribution in [2.24, 2.45) is 11.1 Å². The fourth-order valence-corrected chi connectivity index (χ4v) is 1.91. The summed E-state index contributed by atoms with van der Waals surface area (Å²) in [5.74, 6) is 0.711. The molecule has 0 heterocycles. The maximum absolute atomic E-state index is 12.4. The van der Waals surface area contributed by atoms with Crippen molar-refractivity contribution in [2.75, 3.05) is 0 Å². The molecule has 0 fully saturated rings. The number of amides is 1. The normalized spacial score (nSPS) is 13.8. The average molecular weight is 320 g/mol. The van der Waals surface area contributed by atoms with Crippen LogP contribution < -0.4 is 15.8 Å². The minimum atomic E-state index is -0.562. The van der Waals surface area contributed by atoms with Crippen molar-refractivity contribution in [1.82, 2.24) is 5.32 Å². The molecule has 0 bridgehead atoms. The fraction of sp³-hybridized carbons (Fsp3) is 0.632. The highest BCUT2D eigenvalue weighted by Gasteiger charge is 2.35. The third-order valence-corrected chi connectivity index (χ3v) is 4.40. The zero-order chi connectivity index (χ0) is 17.8. The molecular formula is C19H32N2O2. The van der Waals surface area contributed by atoms with E-state index < -0.39 is 6.04 Å². The van der Waals surface area contributed by atoms with Crippen molar-refractivity contribution in [2.45, 2.75) is 72.6 Å². The molecule has 3 N–H and O–H groups in total. The van der Waals surface area contributed by atoms with Gasteiger partial charge < -0.3 is 15.8 Å². The molecule has 1 amide bonds. The van der Waals surface area contributed by atoms with Crippen LogP contribution in [0.5, 0.6) is 5.75 Å². The molecule has 0 aliphatic carbocycles. The maximum atomic E-state index is 12.4. The van der Waals surface area contributed by atoms with Crippen LogP contribution in [0.3, 0.4) is 0 Å². The molecule has 0 spiro atoms. The first-order valence-electron chi connectivity index (χ1n) is 8.25. The van der Waals surface area contributed by atoms with Gasteiger partial charge in [0.1, 0.15) is 5.75 Å². The molecular weight excluding hydrogens is 288 g/mol. The van der Waals surface area contributed by atoms with E-state index in [1.807, 2.05) is 52.0 Å². The number of rotatable bonds is 6. The molecule has 1 aromatic rings. The van der Waals surface area contributed by atoms with E-state index in [1.165, 1.54) is 0 Å². The van der Waals surface area contributed by atoms with Gasteiger partial charge >= 0.3 is 0 Å². The second kappa shape index (κ2) is 7.35. The van der Waals surface area contributed by atoms with E-state index in [-0.39, 0.29) is 23.0 Å². The Hall–Kier alpha value is -1.55. The molecule has 1 unspecified atom stereocenters. The van der Waals surface area contributed by atoms with E-state index in [1.54, 1.807) is 0 Å². The highest BCUT2D eigenvalue weighted by molar-refractivity contribution is 5.82. The van der Waals surface area contributed by atoms with Crippen LogP contribution in [0.1, 0.15) is 54.0 Å². The van der Waals surface area contributed by atoms with E-state index in [0.29, 0.717) is 6.42 Å². The summed E-state index contributed by atoms with van der Waals surface area (Å²) in [6.45, 7) is 14.3. The Morgan fingerprint density at radius 1 is 1.13 bits per heavy atom. The standard InChI is InChI=1S/C19H32N2O2/c1-13(2)23-15-10-8-14(9-11-15)12-16(20)17(22)21-19(6,7)18(3,4)5/h8-11,13,16H,12,20H2,1-7H3,(H,21,22). The molecule has 0 aliphatic heterocycles. The third kappa shape index (κ3) is 5.87. The predicted molar refractivity (Wildman–Crippen MR) is 95.6 cm³/mol. The van der Waals surface area contributed by atoms with E-state index >= 15 is 0 Å². The van der Waals surface area contributed by atoms with Gasteiger partial charge in [0.2, 0.25) is 5.91 Å². The Bertz CT molecular complexity index is 513. The number of hydrogen-bond donors (Lipinski definition) is 2. The summed E-state index contributed by atoms with van der Waals surface area (Å²) in [4.78, 5) is 12.4. The maximum Gasteiger partial charge on any atom is 0.237 e. The van der Waals surface area contributed by atoms with E-state index in [9.17, 15) is 4.79 Å². The number of benzene rings is 1. The summed E-state index contributed by atoms with van der Waals surface area (Å²) in [7, 11) is 0. The van der Waals surface area contributed by atoms with Crippen molar-refractivity contribution >= 4 is 5.91 Å². The van der Waals surface area contributed by atoms with Crippen LogP contribution in [0.4, 0.5) is 0 Å². The van der Waals surface area contributed by atoms with Crippen LogP contribution >= 0.6 is 0 Å². The van der Waals surface area contributed by atoms with Gasteiger partial charge in [-0.3, -0.25) is 4.79 Å². The van der Waals surface area contributed by atoms with Crippen molar-refractivity contribution in [3.05, 3.63) is 29.8 Å². The number of nitrogens with one attached hydrogen (secondary N) is 1. The van der Waals surface area contributed by atoms with Crippen molar-refractivity contribution < 1.29 is 9.53 Å². The molecule has 1 rings (SSSR count). The van der Waals surface area contributed by atoms with Gasteiger partial charge in [-0.05, 0) is 57.2 Å². The van der Waals surface area contributed by atoms with Gasteiger partial charge in [-0.2, -0.15) is 0 Å². The first-order chi connectivity index (χ1) is 10.4. The molecule has 130 valence electrons. The van der Waals surface area contributed by atoms with E-state index in [4.69, 9.17) is 10.5 Å². The summed E-state index contributed by atoms with van der Waals surface area (Å²) in [6, 6.07) is 7.19. The quantitative estimate of drug-likeness (QED) is 0.845. The molecule has 4 nitrogen and oxygen atoms in total. The molecule has 1 atom stereocenters. The topological polar surface area (TPSA) is 64.3 Å². The molecule has 1 aromatic carbocycles. The van der Waals surface area contributed by atoms with Crippen LogP contribution in [0, 0.1) is 5.41 Å². The summed E-state index contributed by atoms with van der Waals surface area (Å²) < 4.78 is 5.61. The summed E-state index contributed by atoms with van der Waals surface area (Å²) in [5, 5.41) is 3.07. The van der Waals surface area contributed by atoms with E-state index in [0.717, 1.165) is 11.3 Å². The zero-order valence-electron chi connectivity index (χ0n) is 15.6. The largest absolute Gasteiger partial charge is 0.491 e. The lowest BCUT2D eigenvalue weighted by atomic mass is 9.76. The molecule has 0 saturated carbocycles.